The lowest BCUT2D eigenvalue weighted by Gasteiger charge is -2.15. The molecule has 6 nitrogen and oxygen atoms in total. The fourth-order valence-corrected chi connectivity index (χ4v) is 4.53. The Labute approximate surface area is 201 Å². The molecule has 1 fully saturated rings. The van der Waals surface area contributed by atoms with Crippen molar-refractivity contribution in [3.8, 4) is 0 Å². The summed E-state index contributed by atoms with van der Waals surface area (Å²) in [5.74, 6) is -0.818. The van der Waals surface area contributed by atoms with Gasteiger partial charge >= 0.3 is 6.03 Å². The van der Waals surface area contributed by atoms with E-state index in [4.69, 9.17) is 11.6 Å². The molecule has 1 heterocycles. The van der Waals surface area contributed by atoms with E-state index in [1.54, 1.807) is 18.2 Å². The van der Waals surface area contributed by atoms with Crippen LogP contribution in [0.4, 0.5) is 10.5 Å². The fourth-order valence-electron chi connectivity index (χ4n) is 3.50. The predicted molar refractivity (Wildman–Crippen MR) is 129 cm³/mol. The molecule has 0 unspecified atom stereocenters. The summed E-state index contributed by atoms with van der Waals surface area (Å²) in [5, 5.41) is 6.16. The monoisotopic (exact) mass is 479 g/mol. The quantitative estimate of drug-likeness (QED) is 0.446. The predicted octanol–water partition coefficient (Wildman–Crippen LogP) is 4.98. The van der Waals surface area contributed by atoms with Crippen molar-refractivity contribution in [2.45, 2.75) is 28.7 Å². The van der Waals surface area contributed by atoms with Crippen LogP contribution in [-0.2, 0) is 16.0 Å². The second-order valence-electron chi connectivity index (χ2n) is 7.55. The zero-order valence-corrected chi connectivity index (χ0v) is 19.2. The summed E-state index contributed by atoms with van der Waals surface area (Å²) in [4.78, 5) is 40.5. The molecule has 1 aliphatic heterocycles. The average Bonchev–Trinajstić information content (AvgIpc) is 3.08. The molecular weight excluding hydrogens is 458 g/mol. The summed E-state index contributed by atoms with van der Waals surface area (Å²) in [5.41, 5.74) is 1.70. The summed E-state index contributed by atoms with van der Waals surface area (Å²) < 4.78 is 0. The maximum Gasteiger partial charge on any atom is 0.325 e. The van der Waals surface area contributed by atoms with Crippen molar-refractivity contribution in [2.24, 2.45) is 0 Å². The van der Waals surface area contributed by atoms with Crippen molar-refractivity contribution in [2.75, 3.05) is 11.9 Å². The Bertz CT molecular complexity index is 1160. The summed E-state index contributed by atoms with van der Waals surface area (Å²) in [6, 6.07) is 23.3. The zero-order chi connectivity index (χ0) is 23.2. The molecule has 4 rings (SSSR count). The van der Waals surface area contributed by atoms with Gasteiger partial charge in [-0.25, -0.2) is 4.79 Å². The van der Waals surface area contributed by atoms with Gasteiger partial charge in [0, 0.05) is 14.8 Å². The van der Waals surface area contributed by atoms with Crippen molar-refractivity contribution in [1.29, 1.82) is 0 Å². The van der Waals surface area contributed by atoms with E-state index in [0.717, 1.165) is 20.3 Å². The number of imide groups is 1. The first-order valence-electron chi connectivity index (χ1n) is 10.5. The van der Waals surface area contributed by atoms with E-state index in [2.05, 4.69) is 10.6 Å². The molecular formula is C25H22ClN3O3S. The first kappa shape index (κ1) is 22.9. The number of halogens is 1. The molecule has 168 valence electrons. The van der Waals surface area contributed by atoms with E-state index in [1.165, 1.54) is 11.8 Å². The van der Waals surface area contributed by atoms with Gasteiger partial charge in [0.25, 0.3) is 5.91 Å². The Morgan fingerprint density at radius 1 is 0.970 bits per heavy atom. The van der Waals surface area contributed by atoms with E-state index in [0.29, 0.717) is 23.6 Å². The van der Waals surface area contributed by atoms with E-state index in [-0.39, 0.29) is 12.5 Å². The molecule has 0 aromatic heterocycles. The highest BCUT2D eigenvalue weighted by Gasteiger charge is 2.38. The van der Waals surface area contributed by atoms with E-state index < -0.39 is 18.0 Å². The van der Waals surface area contributed by atoms with Crippen LogP contribution in [-0.4, -0.2) is 35.3 Å². The SMILES string of the molecule is O=C(CN1C(=O)N[C@H](CCc2ccccc2)C1=O)Nc1ccccc1Sc1ccc(Cl)cc1. The molecule has 0 saturated carbocycles. The molecule has 0 aliphatic carbocycles. The van der Waals surface area contributed by atoms with Gasteiger partial charge in [-0.1, -0.05) is 65.8 Å². The number of urea groups is 1. The van der Waals surface area contributed by atoms with Crippen LogP contribution < -0.4 is 10.6 Å². The number of hydrogen-bond acceptors (Lipinski definition) is 4. The standard InChI is InChI=1S/C25H22ClN3O3S/c26-18-11-13-19(14-12-18)33-22-9-5-4-8-20(22)27-23(30)16-29-24(31)21(28-25(29)32)15-10-17-6-2-1-3-7-17/h1-9,11-14,21H,10,15-16H2,(H,27,30)(H,28,32)/t21-/m1/s1. The molecule has 0 bridgehead atoms. The van der Waals surface area contributed by atoms with Gasteiger partial charge in [0.2, 0.25) is 5.91 Å². The van der Waals surface area contributed by atoms with Gasteiger partial charge in [0.1, 0.15) is 12.6 Å². The lowest BCUT2D eigenvalue weighted by molar-refractivity contribution is -0.130. The Hall–Kier alpha value is -3.29. The van der Waals surface area contributed by atoms with Crippen LogP contribution in [0.2, 0.25) is 5.02 Å². The molecule has 1 atom stereocenters. The van der Waals surface area contributed by atoms with Gasteiger partial charge in [0.05, 0.1) is 5.69 Å². The first-order valence-corrected chi connectivity index (χ1v) is 11.7. The summed E-state index contributed by atoms with van der Waals surface area (Å²) in [7, 11) is 0. The van der Waals surface area contributed by atoms with Crippen LogP contribution in [0.15, 0.2) is 88.7 Å². The normalized spacial score (nSPS) is 15.4. The number of benzene rings is 3. The molecule has 33 heavy (non-hydrogen) atoms. The third kappa shape index (κ3) is 5.94. The minimum atomic E-state index is -0.627. The van der Waals surface area contributed by atoms with Gasteiger partial charge in [-0.15, -0.1) is 0 Å². The molecule has 2 N–H and O–H groups in total. The highest BCUT2D eigenvalue weighted by molar-refractivity contribution is 7.99. The van der Waals surface area contributed by atoms with E-state index in [9.17, 15) is 14.4 Å². The third-order valence-corrected chi connectivity index (χ3v) is 6.51. The number of amides is 4. The number of rotatable bonds is 8. The molecule has 3 aromatic rings. The van der Waals surface area contributed by atoms with Crippen molar-refractivity contribution >= 4 is 46.9 Å². The topological polar surface area (TPSA) is 78.5 Å². The van der Waals surface area contributed by atoms with Gasteiger partial charge in [-0.2, -0.15) is 0 Å². The van der Waals surface area contributed by atoms with Crippen LogP contribution in [0, 0.1) is 0 Å². The maximum absolute atomic E-state index is 12.7. The van der Waals surface area contributed by atoms with Gasteiger partial charge < -0.3 is 10.6 Å². The molecule has 8 heteroatoms. The second kappa shape index (κ2) is 10.6. The van der Waals surface area contributed by atoms with Crippen molar-refractivity contribution in [1.82, 2.24) is 10.2 Å². The minimum Gasteiger partial charge on any atom is -0.326 e. The maximum atomic E-state index is 12.7. The Balaban J connectivity index is 1.36. The van der Waals surface area contributed by atoms with Crippen LogP contribution in [0.25, 0.3) is 0 Å². The van der Waals surface area contributed by atoms with E-state index >= 15 is 0 Å². The Morgan fingerprint density at radius 2 is 1.67 bits per heavy atom. The largest absolute Gasteiger partial charge is 0.326 e. The third-order valence-electron chi connectivity index (χ3n) is 5.18. The lowest BCUT2D eigenvalue weighted by atomic mass is 10.1. The van der Waals surface area contributed by atoms with Gasteiger partial charge in [0.15, 0.2) is 0 Å². The number of hydrogen-bond donors (Lipinski definition) is 2. The minimum absolute atomic E-state index is 0.341. The highest BCUT2D eigenvalue weighted by Crippen LogP contribution is 2.33. The number of nitrogens with zero attached hydrogens (tertiary/aromatic N) is 1. The molecule has 1 aliphatic rings. The number of carbonyl (C=O) groups is 3. The molecule has 3 aromatic carbocycles. The molecule has 0 spiro atoms. The van der Waals surface area contributed by atoms with Gasteiger partial charge in [-0.05, 0) is 54.8 Å². The van der Waals surface area contributed by atoms with Crippen LogP contribution in [0.3, 0.4) is 0 Å². The average molecular weight is 480 g/mol. The van der Waals surface area contributed by atoms with Crippen LogP contribution in [0.1, 0.15) is 12.0 Å². The van der Waals surface area contributed by atoms with Gasteiger partial charge in [-0.3, -0.25) is 14.5 Å². The van der Waals surface area contributed by atoms with Crippen LogP contribution >= 0.6 is 23.4 Å². The van der Waals surface area contributed by atoms with Crippen molar-refractivity contribution in [3.63, 3.8) is 0 Å². The smallest absolute Gasteiger partial charge is 0.325 e. The molecule has 0 radical (unpaired) electrons. The number of aryl methyl sites for hydroxylation is 1. The number of para-hydroxylation sites is 1. The molecule has 1 saturated heterocycles. The number of nitrogens with one attached hydrogen (secondary N) is 2. The second-order valence-corrected chi connectivity index (χ2v) is 9.10. The van der Waals surface area contributed by atoms with E-state index in [1.807, 2.05) is 60.7 Å². The fraction of sp³-hybridized carbons (Fsp3) is 0.160. The molecule has 4 amide bonds. The lowest BCUT2D eigenvalue weighted by Crippen LogP contribution is -2.38. The van der Waals surface area contributed by atoms with Crippen LogP contribution in [0.5, 0.6) is 0 Å². The van der Waals surface area contributed by atoms with Crippen molar-refractivity contribution in [3.05, 3.63) is 89.4 Å². The Morgan fingerprint density at radius 3 is 2.42 bits per heavy atom. The summed E-state index contributed by atoms with van der Waals surface area (Å²) in [6.07, 6.45) is 1.14. The Kier molecular flexibility index (Phi) is 7.32. The number of carbonyl (C=O) groups excluding carboxylic acids is 3. The summed E-state index contributed by atoms with van der Waals surface area (Å²) >= 11 is 7.43. The zero-order valence-electron chi connectivity index (χ0n) is 17.7. The van der Waals surface area contributed by atoms with Crippen molar-refractivity contribution < 1.29 is 14.4 Å². The summed E-state index contributed by atoms with van der Waals surface area (Å²) in [6.45, 7) is -0.341. The number of anilines is 1. The first-order chi connectivity index (χ1) is 16.0. The highest BCUT2D eigenvalue weighted by atomic mass is 35.5.